The third kappa shape index (κ3) is 2.43. The van der Waals surface area contributed by atoms with Gasteiger partial charge < -0.3 is 9.80 Å². The van der Waals surface area contributed by atoms with E-state index in [9.17, 15) is 14.4 Å². The SMILES string of the molecule is CC(=O)N1C[C@H]2CN(C(=O)C3CC(=O)C3)C[C@H]2[C@H]1c1ccccc1. The highest BCUT2D eigenvalue weighted by atomic mass is 16.2. The Bertz CT molecular complexity index is 679. The van der Waals surface area contributed by atoms with Gasteiger partial charge in [0, 0.05) is 51.2 Å². The second kappa shape index (κ2) is 5.72. The number of amides is 2. The Morgan fingerprint density at radius 3 is 2.38 bits per heavy atom. The fraction of sp³-hybridized carbons (Fsp3) is 0.526. The van der Waals surface area contributed by atoms with E-state index in [-0.39, 0.29) is 35.5 Å². The molecule has 5 heteroatoms. The molecule has 1 saturated carbocycles. The van der Waals surface area contributed by atoms with Gasteiger partial charge in [0.2, 0.25) is 11.8 Å². The number of likely N-dealkylation sites (tertiary alicyclic amines) is 2. The van der Waals surface area contributed by atoms with Gasteiger partial charge in [-0.3, -0.25) is 14.4 Å². The summed E-state index contributed by atoms with van der Waals surface area (Å²) in [6.45, 7) is 3.74. The number of hydrogen-bond donors (Lipinski definition) is 0. The minimum absolute atomic E-state index is 0.0505. The smallest absolute Gasteiger partial charge is 0.226 e. The van der Waals surface area contributed by atoms with Crippen LogP contribution in [0.4, 0.5) is 0 Å². The second-order valence-corrected chi connectivity index (χ2v) is 7.34. The maximum absolute atomic E-state index is 12.6. The molecule has 2 aliphatic heterocycles. The largest absolute Gasteiger partial charge is 0.342 e. The van der Waals surface area contributed by atoms with Crippen LogP contribution in [0, 0.1) is 17.8 Å². The molecule has 0 bridgehead atoms. The van der Waals surface area contributed by atoms with Crippen molar-refractivity contribution in [2.75, 3.05) is 19.6 Å². The summed E-state index contributed by atoms with van der Waals surface area (Å²) < 4.78 is 0. The first-order valence-corrected chi connectivity index (χ1v) is 8.67. The van der Waals surface area contributed by atoms with Crippen LogP contribution in [-0.2, 0) is 14.4 Å². The molecule has 3 aliphatic rings. The number of fused-ring (bicyclic) bond motifs is 1. The van der Waals surface area contributed by atoms with Gasteiger partial charge in [-0.2, -0.15) is 0 Å². The summed E-state index contributed by atoms with van der Waals surface area (Å²) in [4.78, 5) is 39.7. The molecule has 1 aliphatic carbocycles. The Morgan fingerprint density at radius 1 is 1.04 bits per heavy atom. The Morgan fingerprint density at radius 2 is 1.75 bits per heavy atom. The fourth-order valence-electron chi connectivity index (χ4n) is 4.55. The van der Waals surface area contributed by atoms with Crippen LogP contribution in [0.25, 0.3) is 0 Å². The van der Waals surface area contributed by atoms with Crippen LogP contribution < -0.4 is 0 Å². The highest BCUT2D eigenvalue weighted by Crippen LogP contribution is 2.45. The first-order chi connectivity index (χ1) is 11.5. The summed E-state index contributed by atoms with van der Waals surface area (Å²) in [5.41, 5.74) is 1.15. The number of benzene rings is 1. The topological polar surface area (TPSA) is 57.7 Å². The van der Waals surface area contributed by atoms with Crippen molar-refractivity contribution in [2.24, 2.45) is 17.8 Å². The van der Waals surface area contributed by atoms with Gasteiger partial charge in [-0.05, 0) is 5.56 Å². The monoisotopic (exact) mass is 326 g/mol. The van der Waals surface area contributed by atoms with Crippen molar-refractivity contribution in [3.05, 3.63) is 35.9 Å². The summed E-state index contributed by atoms with van der Waals surface area (Å²) in [6, 6.07) is 10.2. The van der Waals surface area contributed by atoms with E-state index in [1.54, 1.807) is 6.92 Å². The maximum atomic E-state index is 12.6. The molecule has 5 nitrogen and oxygen atoms in total. The average molecular weight is 326 g/mol. The van der Waals surface area contributed by atoms with Gasteiger partial charge in [-0.15, -0.1) is 0 Å². The summed E-state index contributed by atoms with van der Waals surface area (Å²) in [7, 11) is 0. The van der Waals surface area contributed by atoms with E-state index in [4.69, 9.17) is 0 Å². The van der Waals surface area contributed by atoms with Crippen molar-refractivity contribution in [2.45, 2.75) is 25.8 Å². The molecule has 2 amide bonds. The van der Waals surface area contributed by atoms with E-state index in [0.29, 0.717) is 38.4 Å². The molecule has 0 aromatic heterocycles. The third-order valence-electron chi connectivity index (χ3n) is 5.82. The van der Waals surface area contributed by atoms with Crippen LogP contribution in [0.1, 0.15) is 31.4 Å². The minimum Gasteiger partial charge on any atom is -0.342 e. The zero-order valence-corrected chi connectivity index (χ0v) is 13.9. The third-order valence-corrected chi connectivity index (χ3v) is 5.82. The summed E-state index contributed by atoms with van der Waals surface area (Å²) in [6.07, 6.45) is 0.818. The number of rotatable bonds is 2. The molecule has 24 heavy (non-hydrogen) atoms. The predicted octanol–water partition coefficient (Wildman–Crippen LogP) is 1.64. The average Bonchev–Trinajstić information content (AvgIpc) is 3.09. The molecule has 0 spiro atoms. The first kappa shape index (κ1) is 15.4. The number of Topliss-reactive ketones (excluding diaryl/α,β-unsaturated/α-hetero) is 1. The van der Waals surface area contributed by atoms with Crippen LogP contribution in [0.3, 0.4) is 0 Å². The van der Waals surface area contributed by atoms with Crippen LogP contribution in [-0.4, -0.2) is 47.0 Å². The van der Waals surface area contributed by atoms with Gasteiger partial charge in [0.15, 0.2) is 0 Å². The van der Waals surface area contributed by atoms with E-state index < -0.39 is 0 Å². The van der Waals surface area contributed by atoms with Crippen LogP contribution >= 0.6 is 0 Å². The molecule has 2 saturated heterocycles. The molecule has 2 heterocycles. The molecule has 0 unspecified atom stereocenters. The molecule has 1 aromatic carbocycles. The molecular weight excluding hydrogens is 304 g/mol. The molecule has 0 radical (unpaired) electrons. The van der Waals surface area contributed by atoms with Gasteiger partial charge in [0.1, 0.15) is 5.78 Å². The van der Waals surface area contributed by atoms with Crippen molar-refractivity contribution < 1.29 is 14.4 Å². The van der Waals surface area contributed by atoms with Crippen molar-refractivity contribution in [3.8, 4) is 0 Å². The summed E-state index contributed by atoms with van der Waals surface area (Å²) in [5, 5.41) is 0. The van der Waals surface area contributed by atoms with Gasteiger partial charge in [-0.25, -0.2) is 0 Å². The summed E-state index contributed by atoms with van der Waals surface area (Å²) in [5.74, 6) is 0.939. The maximum Gasteiger partial charge on any atom is 0.226 e. The van der Waals surface area contributed by atoms with Crippen LogP contribution in [0.15, 0.2) is 30.3 Å². The van der Waals surface area contributed by atoms with E-state index >= 15 is 0 Å². The Kier molecular flexibility index (Phi) is 3.66. The lowest BCUT2D eigenvalue weighted by molar-refractivity contribution is -0.144. The van der Waals surface area contributed by atoms with Crippen molar-refractivity contribution in [1.29, 1.82) is 0 Å². The van der Waals surface area contributed by atoms with Crippen molar-refractivity contribution in [3.63, 3.8) is 0 Å². The standard InChI is InChI=1S/C19H22N2O3/c1-12(22)21-10-15-9-20(19(24)14-7-16(23)8-14)11-17(15)18(21)13-5-3-2-4-6-13/h2-6,14-15,17-18H,7-11H2,1H3/t15-,17-,18-/m1/s1. The Hall–Kier alpha value is -2.17. The van der Waals surface area contributed by atoms with E-state index in [2.05, 4.69) is 12.1 Å². The zero-order valence-electron chi connectivity index (χ0n) is 13.9. The van der Waals surface area contributed by atoms with Crippen molar-refractivity contribution >= 4 is 17.6 Å². The van der Waals surface area contributed by atoms with E-state index in [0.717, 1.165) is 5.56 Å². The quantitative estimate of drug-likeness (QED) is 0.830. The number of ketones is 1. The number of carbonyl (C=O) groups is 3. The highest BCUT2D eigenvalue weighted by molar-refractivity contribution is 5.96. The molecule has 1 aromatic rings. The number of hydrogen-bond acceptors (Lipinski definition) is 3. The minimum atomic E-state index is -0.101. The van der Waals surface area contributed by atoms with E-state index in [1.807, 2.05) is 28.0 Å². The predicted molar refractivity (Wildman–Crippen MR) is 87.9 cm³/mol. The zero-order chi connectivity index (χ0) is 16.8. The van der Waals surface area contributed by atoms with Gasteiger partial charge in [0.25, 0.3) is 0 Å². The second-order valence-electron chi connectivity index (χ2n) is 7.34. The lowest BCUT2D eigenvalue weighted by Crippen LogP contribution is -2.43. The first-order valence-electron chi connectivity index (χ1n) is 8.67. The lowest BCUT2D eigenvalue weighted by Gasteiger charge is -2.31. The molecule has 3 atom stereocenters. The molecule has 4 rings (SSSR count). The molecule has 0 N–H and O–H groups in total. The summed E-state index contributed by atoms with van der Waals surface area (Å²) >= 11 is 0. The molecule has 126 valence electrons. The molecular formula is C19H22N2O3. The Balaban J connectivity index is 1.54. The number of carbonyl (C=O) groups excluding carboxylic acids is 3. The van der Waals surface area contributed by atoms with Crippen LogP contribution in [0.2, 0.25) is 0 Å². The van der Waals surface area contributed by atoms with Crippen molar-refractivity contribution in [1.82, 2.24) is 9.80 Å². The highest BCUT2D eigenvalue weighted by Gasteiger charge is 2.50. The number of nitrogens with zero attached hydrogens (tertiary/aromatic N) is 2. The van der Waals surface area contributed by atoms with Crippen LogP contribution in [0.5, 0.6) is 0 Å². The van der Waals surface area contributed by atoms with Gasteiger partial charge >= 0.3 is 0 Å². The van der Waals surface area contributed by atoms with E-state index in [1.165, 1.54) is 0 Å². The Labute approximate surface area is 141 Å². The molecule has 3 fully saturated rings. The van der Waals surface area contributed by atoms with Gasteiger partial charge in [0.05, 0.1) is 12.0 Å². The van der Waals surface area contributed by atoms with Gasteiger partial charge in [-0.1, -0.05) is 30.3 Å². The normalized spacial score (nSPS) is 29.5. The lowest BCUT2D eigenvalue weighted by atomic mass is 9.83. The fourth-order valence-corrected chi connectivity index (χ4v) is 4.55.